The predicted molar refractivity (Wildman–Crippen MR) is 49.0 cm³/mol. The summed E-state index contributed by atoms with van der Waals surface area (Å²) in [6.45, 7) is 0. The van der Waals surface area contributed by atoms with Gasteiger partial charge in [-0.2, -0.15) is 13.2 Å². The number of hydrogen-bond acceptors (Lipinski definition) is 1. The third kappa shape index (κ3) is 2.05. The summed E-state index contributed by atoms with van der Waals surface area (Å²) in [5.41, 5.74) is -0.678. The van der Waals surface area contributed by atoms with Crippen LogP contribution in [0, 0.1) is 5.82 Å². The summed E-state index contributed by atoms with van der Waals surface area (Å²) >= 11 is 0. The first-order valence-corrected chi connectivity index (χ1v) is 4.35. The van der Waals surface area contributed by atoms with Crippen molar-refractivity contribution in [2.75, 3.05) is 0 Å². The van der Waals surface area contributed by atoms with Crippen LogP contribution < -0.4 is 0 Å². The van der Waals surface area contributed by atoms with Gasteiger partial charge < -0.3 is 4.98 Å². The largest absolute Gasteiger partial charge is 0.432 e. The van der Waals surface area contributed by atoms with Gasteiger partial charge in [0.15, 0.2) is 0 Å². The highest BCUT2D eigenvalue weighted by molar-refractivity contribution is 5.55. The van der Waals surface area contributed by atoms with E-state index in [0.717, 1.165) is 6.07 Å². The molecule has 0 aliphatic carbocycles. The van der Waals surface area contributed by atoms with E-state index in [1.54, 1.807) is 0 Å². The zero-order valence-corrected chi connectivity index (χ0v) is 7.85. The van der Waals surface area contributed by atoms with Crippen LogP contribution in [-0.2, 0) is 6.18 Å². The lowest BCUT2D eigenvalue weighted by atomic mass is 10.2. The summed E-state index contributed by atoms with van der Waals surface area (Å²) in [6.07, 6.45) is -3.79. The number of aromatic nitrogens is 2. The van der Waals surface area contributed by atoms with Crippen molar-refractivity contribution in [1.82, 2.24) is 9.97 Å². The monoisotopic (exact) mass is 230 g/mol. The molecule has 0 aliphatic heterocycles. The van der Waals surface area contributed by atoms with Gasteiger partial charge in [0.25, 0.3) is 0 Å². The fourth-order valence-corrected chi connectivity index (χ4v) is 1.25. The van der Waals surface area contributed by atoms with E-state index < -0.39 is 17.7 Å². The minimum Gasteiger partial charge on any atom is -0.334 e. The van der Waals surface area contributed by atoms with Gasteiger partial charge in [0.2, 0.25) is 0 Å². The Bertz CT molecular complexity index is 502. The predicted octanol–water partition coefficient (Wildman–Crippen LogP) is 3.23. The summed E-state index contributed by atoms with van der Waals surface area (Å²) in [5.74, 6) is -0.533. The number of halogens is 4. The highest BCUT2D eigenvalue weighted by atomic mass is 19.4. The molecule has 1 aromatic carbocycles. The Balaban J connectivity index is 2.39. The van der Waals surface area contributed by atoms with Crippen LogP contribution in [0.3, 0.4) is 0 Å². The Kier molecular flexibility index (Phi) is 2.41. The quantitative estimate of drug-likeness (QED) is 0.748. The van der Waals surface area contributed by atoms with E-state index in [1.165, 1.54) is 18.2 Å². The van der Waals surface area contributed by atoms with Crippen molar-refractivity contribution in [3.8, 4) is 11.4 Å². The van der Waals surface area contributed by atoms with Crippen molar-refractivity contribution in [2.45, 2.75) is 6.18 Å². The van der Waals surface area contributed by atoms with Crippen molar-refractivity contribution in [1.29, 1.82) is 0 Å². The molecule has 0 spiro atoms. The van der Waals surface area contributed by atoms with Gasteiger partial charge in [-0.1, -0.05) is 12.1 Å². The molecule has 2 nitrogen and oxygen atoms in total. The molecule has 1 aromatic heterocycles. The summed E-state index contributed by atoms with van der Waals surface area (Å²) < 4.78 is 49.6. The molecule has 6 heteroatoms. The van der Waals surface area contributed by atoms with E-state index in [1.807, 2.05) is 0 Å². The van der Waals surface area contributed by atoms with Crippen molar-refractivity contribution >= 4 is 0 Å². The molecule has 0 radical (unpaired) electrons. The molecule has 16 heavy (non-hydrogen) atoms. The van der Waals surface area contributed by atoms with Crippen molar-refractivity contribution in [3.63, 3.8) is 0 Å². The van der Waals surface area contributed by atoms with Gasteiger partial charge in [-0.15, -0.1) is 0 Å². The second-order valence-electron chi connectivity index (χ2n) is 3.15. The van der Waals surface area contributed by atoms with Crippen LogP contribution >= 0.6 is 0 Å². The highest BCUT2D eigenvalue weighted by Crippen LogP contribution is 2.29. The van der Waals surface area contributed by atoms with Crippen LogP contribution in [0.1, 0.15) is 5.69 Å². The number of alkyl halides is 3. The average Bonchev–Trinajstić information content (AvgIpc) is 2.65. The third-order valence-electron chi connectivity index (χ3n) is 1.98. The van der Waals surface area contributed by atoms with Gasteiger partial charge >= 0.3 is 6.18 Å². The topological polar surface area (TPSA) is 28.7 Å². The number of nitrogens with zero attached hydrogens (tertiary/aromatic N) is 1. The average molecular weight is 230 g/mol. The van der Waals surface area contributed by atoms with E-state index in [-0.39, 0.29) is 11.4 Å². The molecule has 0 bridgehead atoms. The first-order valence-electron chi connectivity index (χ1n) is 4.35. The van der Waals surface area contributed by atoms with Crippen molar-refractivity contribution in [3.05, 3.63) is 42.0 Å². The van der Waals surface area contributed by atoms with Gasteiger partial charge in [0, 0.05) is 5.56 Å². The minimum atomic E-state index is -4.47. The lowest BCUT2D eigenvalue weighted by Gasteiger charge is -2.01. The minimum absolute atomic E-state index is 0.00757. The summed E-state index contributed by atoms with van der Waals surface area (Å²) in [7, 11) is 0. The van der Waals surface area contributed by atoms with Gasteiger partial charge in [0.05, 0.1) is 6.20 Å². The second kappa shape index (κ2) is 3.62. The molecule has 0 aliphatic rings. The zero-order valence-electron chi connectivity index (χ0n) is 7.85. The molecule has 84 valence electrons. The molecule has 2 aromatic rings. The summed E-state index contributed by atoms with van der Waals surface area (Å²) in [4.78, 5) is 5.65. The smallest absolute Gasteiger partial charge is 0.334 e. The molecule has 0 saturated carbocycles. The van der Waals surface area contributed by atoms with Gasteiger partial charge in [-0.25, -0.2) is 9.37 Å². The number of H-pyrrole nitrogens is 1. The van der Waals surface area contributed by atoms with E-state index in [4.69, 9.17) is 0 Å². The number of nitrogens with one attached hydrogen (secondary N) is 1. The van der Waals surface area contributed by atoms with Crippen LogP contribution in [0.15, 0.2) is 30.5 Å². The molecule has 0 atom stereocenters. The first kappa shape index (κ1) is 10.7. The second-order valence-corrected chi connectivity index (χ2v) is 3.15. The maximum Gasteiger partial charge on any atom is 0.432 e. The zero-order chi connectivity index (χ0) is 11.8. The lowest BCUT2D eigenvalue weighted by molar-refractivity contribution is -0.140. The van der Waals surface area contributed by atoms with Crippen LogP contribution in [0.25, 0.3) is 11.4 Å². The number of imidazole rings is 1. The highest BCUT2D eigenvalue weighted by Gasteiger charge is 2.33. The Morgan fingerprint density at radius 3 is 2.50 bits per heavy atom. The molecule has 0 amide bonds. The number of benzene rings is 1. The van der Waals surface area contributed by atoms with E-state index in [9.17, 15) is 17.6 Å². The third-order valence-corrected chi connectivity index (χ3v) is 1.98. The van der Waals surface area contributed by atoms with Gasteiger partial charge in [0.1, 0.15) is 17.3 Å². The van der Waals surface area contributed by atoms with Crippen LogP contribution in [-0.4, -0.2) is 9.97 Å². The number of hydrogen-bond donors (Lipinski definition) is 1. The SMILES string of the molecule is Fc1cccc(-c2ncc(C(F)(F)F)[nH]2)c1. The Morgan fingerprint density at radius 1 is 1.19 bits per heavy atom. The van der Waals surface area contributed by atoms with Gasteiger partial charge in [-0.3, -0.25) is 0 Å². The maximum atomic E-state index is 12.8. The van der Waals surface area contributed by atoms with Crippen LogP contribution in [0.5, 0.6) is 0 Å². The van der Waals surface area contributed by atoms with Crippen molar-refractivity contribution in [2.24, 2.45) is 0 Å². The normalized spacial score (nSPS) is 11.8. The molecule has 0 unspecified atom stereocenters. The Morgan fingerprint density at radius 2 is 1.94 bits per heavy atom. The molecule has 1 N–H and O–H groups in total. The molecular formula is C10H6F4N2. The van der Waals surface area contributed by atoms with E-state index >= 15 is 0 Å². The van der Waals surface area contributed by atoms with E-state index in [0.29, 0.717) is 6.20 Å². The van der Waals surface area contributed by atoms with E-state index in [2.05, 4.69) is 9.97 Å². The van der Waals surface area contributed by atoms with Gasteiger partial charge in [-0.05, 0) is 12.1 Å². The molecule has 0 saturated heterocycles. The lowest BCUT2D eigenvalue weighted by Crippen LogP contribution is -2.04. The fourth-order valence-electron chi connectivity index (χ4n) is 1.25. The molecule has 2 rings (SSSR count). The number of rotatable bonds is 1. The fraction of sp³-hybridized carbons (Fsp3) is 0.100. The molecular weight excluding hydrogens is 224 g/mol. The van der Waals surface area contributed by atoms with Crippen LogP contribution in [0.2, 0.25) is 0 Å². The van der Waals surface area contributed by atoms with Crippen LogP contribution in [0.4, 0.5) is 17.6 Å². The Hall–Kier alpha value is -1.85. The maximum absolute atomic E-state index is 12.8. The number of aromatic amines is 1. The molecule has 0 fully saturated rings. The standard InChI is InChI=1S/C10H6F4N2/c11-7-3-1-2-6(4-7)9-15-5-8(16-9)10(12,13)14/h1-5H,(H,15,16). The summed E-state index contributed by atoms with van der Waals surface area (Å²) in [5, 5.41) is 0. The van der Waals surface area contributed by atoms with Crippen molar-refractivity contribution < 1.29 is 17.6 Å². The first-order chi connectivity index (χ1) is 7.47. The Labute approximate surface area is 87.9 Å². The molecule has 1 heterocycles. The summed E-state index contributed by atoms with van der Waals surface area (Å²) in [6, 6.07) is 5.19.